The Morgan fingerprint density at radius 3 is 2.91 bits per heavy atom. The van der Waals surface area contributed by atoms with Crippen LogP contribution in [0.4, 0.5) is 4.39 Å². The molecule has 0 radical (unpaired) electrons. The summed E-state index contributed by atoms with van der Waals surface area (Å²) in [6, 6.07) is 0.586. The summed E-state index contributed by atoms with van der Waals surface area (Å²) in [5.41, 5.74) is 0. The van der Waals surface area contributed by atoms with Crippen molar-refractivity contribution in [2.75, 3.05) is 19.5 Å². The highest BCUT2D eigenvalue weighted by Gasteiger charge is 2.22. The Morgan fingerprint density at radius 1 is 1.55 bits per heavy atom. The average Bonchev–Trinajstić information content (AvgIpc) is 2.48. The molecule has 0 spiro atoms. The fraction of sp³-hybridized carbons (Fsp3) is 1.00. The van der Waals surface area contributed by atoms with Crippen molar-refractivity contribution >= 4 is 11.8 Å². The van der Waals surface area contributed by atoms with Gasteiger partial charge in [-0.15, -0.1) is 0 Å². The molecule has 0 aliphatic heterocycles. The van der Waals surface area contributed by atoms with Gasteiger partial charge in [0.1, 0.15) is 6.67 Å². The van der Waals surface area contributed by atoms with Crippen molar-refractivity contribution in [2.24, 2.45) is 0 Å². The molecule has 1 rings (SSSR count). The van der Waals surface area contributed by atoms with Gasteiger partial charge in [0.05, 0.1) is 0 Å². The predicted molar refractivity (Wildman–Crippen MR) is 48.9 cm³/mol. The molecule has 0 aromatic carbocycles. The maximum atomic E-state index is 11.8. The molecule has 2 unspecified atom stereocenters. The van der Waals surface area contributed by atoms with E-state index in [2.05, 4.69) is 11.6 Å². The lowest BCUT2D eigenvalue weighted by Gasteiger charge is -2.10. The van der Waals surface area contributed by atoms with E-state index in [4.69, 9.17) is 0 Å². The van der Waals surface area contributed by atoms with Gasteiger partial charge >= 0.3 is 0 Å². The number of alkyl halides is 1. The minimum Gasteiger partial charge on any atom is -0.311 e. The second-order valence-electron chi connectivity index (χ2n) is 3.01. The molecule has 0 aromatic heterocycles. The molecule has 1 saturated carbocycles. The molecule has 2 atom stereocenters. The first-order valence-corrected chi connectivity index (χ1v) is 5.47. The van der Waals surface area contributed by atoms with Crippen LogP contribution < -0.4 is 5.32 Å². The zero-order chi connectivity index (χ0) is 8.10. The maximum Gasteiger partial charge on any atom is 0.102 e. The molecule has 66 valence electrons. The van der Waals surface area contributed by atoms with Crippen LogP contribution in [0.3, 0.4) is 0 Å². The van der Waals surface area contributed by atoms with Crippen LogP contribution in [0.25, 0.3) is 0 Å². The van der Waals surface area contributed by atoms with Gasteiger partial charge in [-0.25, -0.2) is 4.39 Å². The summed E-state index contributed by atoms with van der Waals surface area (Å²) < 4.78 is 11.8. The number of hydrogen-bond donors (Lipinski definition) is 1. The second-order valence-corrected chi connectivity index (χ2v) is 4.15. The molecular weight excluding hydrogens is 161 g/mol. The molecule has 1 fully saturated rings. The summed E-state index contributed by atoms with van der Waals surface area (Å²) >= 11 is 1.94. The molecular formula is C8H16FNS. The number of hydrogen-bond acceptors (Lipinski definition) is 2. The Labute approximate surface area is 72.1 Å². The van der Waals surface area contributed by atoms with Crippen molar-refractivity contribution in [1.29, 1.82) is 0 Å². The van der Waals surface area contributed by atoms with Crippen molar-refractivity contribution in [2.45, 2.75) is 30.6 Å². The lowest BCUT2D eigenvalue weighted by atomic mass is 10.2. The minimum atomic E-state index is -0.236. The van der Waals surface area contributed by atoms with Gasteiger partial charge in [0.25, 0.3) is 0 Å². The van der Waals surface area contributed by atoms with Gasteiger partial charge in [0.2, 0.25) is 0 Å². The normalized spacial score (nSPS) is 31.1. The maximum absolute atomic E-state index is 11.8. The van der Waals surface area contributed by atoms with E-state index < -0.39 is 0 Å². The van der Waals surface area contributed by atoms with E-state index in [0.717, 1.165) is 5.25 Å². The quantitative estimate of drug-likeness (QED) is 0.703. The zero-order valence-electron chi connectivity index (χ0n) is 6.98. The number of thioether (sulfide) groups is 1. The van der Waals surface area contributed by atoms with Crippen LogP contribution in [-0.2, 0) is 0 Å². The molecule has 1 N–H and O–H groups in total. The lowest BCUT2D eigenvalue weighted by Crippen LogP contribution is -2.28. The molecule has 0 bridgehead atoms. The highest BCUT2D eigenvalue weighted by atomic mass is 32.2. The summed E-state index contributed by atoms with van der Waals surface area (Å²) in [5, 5.41) is 4.02. The van der Waals surface area contributed by atoms with E-state index in [1.807, 2.05) is 11.8 Å². The van der Waals surface area contributed by atoms with E-state index in [0.29, 0.717) is 12.6 Å². The SMILES string of the molecule is CSC1CCC(NCCF)C1. The first kappa shape index (κ1) is 9.33. The van der Waals surface area contributed by atoms with Crippen LogP contribution >= 0.6 is 11.8 Å². The Kier molecular flexibility index (Phi) is 4.23. The van der Waals surface area contributed by atoms with Gasteiger partial charge < -0.3 is 5.32 Å². The highest BCUT2D eigenvalue weighted by molar-refractivity contribution is 7.99. The van der Waals surface area contributed by atoms with Gasteiger partial charge in [-0.2, -0.15) is 11.8 Å². The summed E-state index contributed by atoms with van der Waals surface area (Å²) in [7, 11) is 0. The fourth-order valence-corrected chi connectivity index (χ4v) is 2.39. The fourth-order valence-electron chi connectivity index (χ4n) is 1.60. The third-order valence-electron chi connectivity index (χ3n) is 2.25. The molecule has 1 aliphatic rings. The monoisotopic (exact) mass is 177 g/mol. The van der Waals surface area contributed by atoms with Gasteiger partial charge in [-0.05, 0) is 25.5 Å². The number of rotatable bonds is 4. The van der Waals surface area contributed by atoms with Gasteiger partial charge in [0.15, 0.2) is 0 Å². The summed E-state index contributed by atoms with van der Waals surface area (Å²) in [6.45, 7) is 0.298. The van der Waals surface area contributed by atoms with Gasteiger partial charge in [0, 0.05) is 17.8 Å². The van der Waals surface area contributed by atoms with E-state index in [-0.39, 0.29) is 6.67 Å². The predicted octanol–water partition coefficient (Wildman–Crippen LogP) is 1.83. The van der Waals surface area contributed by atoms with Crippen LogP contribution in [-0.4, -0.2) is 30.8 Å². The van der Waals surface area contributed by atoms with Gasteiger partial charge in [-0.1, -0.05) is 0 Å². The molecule has 1 nitrogen and oxygen atoms in total. The van der Waals surface area contributed by atoms with Crippen LogP contribution in [0.5, 0.6) is 0 Å². The highest BCUT2D eigenvalue weighted by Crippen LogP contribution is 2.27. The molecule has 1 aliphatic carbocycles. The zero-order valence-corrected chi connectivity index (χ0v) is 7.79. The lowest BCUT2D eigenvalue weighted by molar-refractivity contribution is 0.432. The van der Waals surface area contributed by atoms with Crippen LogP contribution in [0, 0.1) is 0 Å². The molecule has 3 heteroatoms. The Hall–Kier alpha value is 0.240. The van der Waals surface area contributed by atoms with E-state index in [9.17, 15) is 4.39 Å². The number of nitrogens with one attached hydrogen (secondary N) is 1. The Morgan fingerprint density at radius 2 is 2.36 bits per heavy atom. The van der Waals surface area contributed by atoms with Crippen LogP contribution in [0.2, 0.25) is 0 Å². The summed E-state index contributed by atoms with van der Waals surface area (Å²) in [5.74, 6) is 0. The number of halogens is 1. The van der Waals surface area contributed by atoms with E-state index in [1.54, 1.807) is 0 Å². The summed E-state index contributed by atoms with van der Waals surface area (Å²) in [4.78, 5) is 0. The second kappa shape index (κ2) is 4.99. The molecule has 0 amide bonds. The standard InChI is InChI=1S/C8H16FNS/c1-11-8-3-2-7(6-8)10-5-4-9/h7-8,10H,2-6H2,1H3. The van der Waals surface area contributed by atoms with Gasteiger partial charge in [-0.3, -0.25) is 0 Å². The summed E-state index contributed by atoms with van der Waals surface area (Å²) in [6.07, 6.45) is 5.90. The van der Waals surface area contributed by atoms with Crippen LogP contribution in [0.15, 0.2) is 0 Å². The largest absolute Gasteiger partial charge is 0.311 e. The molecule has 0 saturated heterocycles. The average molecular weight is 177 g/mol. The topological polar surface area (TPSA) is 12.0 Å². The smallest absolute Gasteiger partial charge is 0.102 e. The molecule has 0 heterocycles. The van der Waals surface area contributed by atoms with Crippen molar-refractivity contribution in [3.8, 4) is 0 Å². The van der Waals surface area contributed by atoms with Crippen molar-refractivity contribution in [1.82, 2.24) is 5.32 Å². The van der Waals surface area contributed by atoms with Crippen molar-refractivity contribution < 1.29 is 4.39 Å². The first-order chi connectivity index (χ1) is 5.36. The van der Waals surface area contributed by atoms with E-state index in [1.165, 1.54) is 19.3 Å². The minimum absolute atomic E-state index is 0.236. The van der Waals surface area contributed by atoms with Crippen molar-refractivity contribution in [3.63, 3.8) is 0 Å². The molecule has 0 aromatic rings. The van der Waals surface area contributed by atoms with E-state index >= 15 is 0 Å². The van der Waals surface area contributed by atoms with Crippen molar-refractivity contribution in [3.05, 3.63) is 0 Å². The molecule has 11 heavy (non-hydrogen) atoms. The Bertz CT molecular complexity index is 110. The third kappa shape index (κ3) is 2.99. The Balaban J connectivity index is 2.09. The first-order valence-electron chi connectivity index (χ1n) is 4.19. The third-order valence-corrected chi connectivity index (χ3v) is 3.34. The van der Waals surface area contributed by atoms with Crippen LogP contribution in [0.1, 0.15) is 19.3 Å².